The number of azo groups is 1. The molecular weight excluding hydrogens is 375 g/mol. The minimum atomic E-state index is -4.53. The Hall–Kier alpha value is -3.56. The van der Waals surface area contributed by atoms with Crippen molar-refractivity contribution >= 4 is 29.0 Å². The number of nitrogens with zero attached hydrogens (tertiary/aromatic N) is 4. The second-order valence-corrected chi connectivity index (χ2v) is 5.82. The standard InChI is InChI=1S/C18H14F3N5O2/c1-11(27)22-16-15(17(28)26(25-16)14-8-3-2-4-9-14)24-23-13-7-5-6-12(10-13)18(19,20)21/h2-10,15H,1H3,(H,22,25,27)/t15-/m0/s1. The normalized spacial score (nSPS) is 17.1. The number of nitrogens with one attached hydrogen (secondary N) is 1. The van der Waals surface area contributed by atoms with Crippen molar-refractivity contribution in [3.05, 3.63) is 60.2 Å². The molecule has 7 nitrogen and oxygen atoms in total. The predicted molar refractivity (Wildman–Crippen MR) is 94.9 cm³/mol. The van der Waals surface area contributed by atoms with Gasteiger partial charge in [-0.05, 0) is 30.3 Å². The summed E-state index contributed by atoms with van der Waals surface area (Å²) in [5.74, 6) is -1.12. The largest absolute Gasteiger partial charge is 0.416 e. The smallest absolute Gasteiger partial charge is 0.311 e. The van der Waals surface area contributed by atoms with E-state index in [1.165, 1.54) is 19.1 Å². The van der Waals surface area contributed by atoms with Gasteiger partial charge in [-0.25, -0.2) is 0 Å². The van der Waals surface area contributed by atoms with E-state index >= 15 is 0 Å². The molecule has 1 aliphatic heterocycles. The number of alkyl halides is 3. The van der Waals surface area contributed by atoms with Crippen LogP contribution in [0.1, 0.15) is 12.5 Å². The minimum absolute atomic E-state index is 0.0583. The fourth-order valence-electron chi connectivity index (χ4n) is 2.45. The summed E-state index contributed by atoms with van der Waals surface area (Å²) in [6.07, 6.45) is -4.53. The lowest BCUT2D eigenvalue weighted by atomic mass is 10.2. The molecule has 2 amide bonds. The number of para-hydroxylation sites is 1. The summed E-state index contributed by atoms with van der Waals surface area (Å²) in [7, 11) is 0. The molecule has 2 aromatic carbocycles. The highest BCUT2D eigenvalue weighted by atomic mass is 19.4. The first-order valence-electron chi connectivity index (χ1n) is 8.09. The Kier molecular flexibility index (Phi) is 5.21. The molecule has 0 saturated heterocycles. The van der Waals surface area contributed by atoms with Gasteiger partial charge in [0, 0.05) is 6.92 Å². The van der Waals surface area contributed by atoms with Gasteiger partial charge in [-0.15, -0.1) is 5.10 Å². The molecule has 1 aliphatic rings. The molecule has 0 bridgehead atoms. The molecule has 28 heavy (non-hydrogen) atoms. The Morgan fingerprint density at radius 2 is 1.86 bits per heavy atom. The number of hydrogen-bond donors (Lipinski definition) is 1. The molecule has 10 heteroatoms. The predicted octanol–water partition coefficient (Wildman–Crippen LogP) is 3.65. The SMILES string of the molecule is CC(=O)NC1=NN(c2ccccc2)C(=O)[C@H]1N=Nc1cccc(C(F)(F)F)c1. The van der Waals surface area contributed by atoms with Gasteiger partial charge in [-0.1, -0.05) is 24.3 Å². The van der Waals surface area contributed by atoms with E-state index in [2.05, 4.69) is 20.6 Å². The summed E-state index contributed by atoms with van der Waals surface area (Å²) < 4.78 is 38.4. The zero-order chi connectivity index (χ0) is 20.3. The molecule has 3 rings (SSSR count). The Balaban J connectivity index is 1.89. The van der Waals surface area contributed by atoms with Crippen LogP contribution in [0.2, 0.25) is 0 Å². The topological polar surface area (TPSA) is 86.5 Å². The average molecular weight is 389 g/mol. The lowest BCUT2D eigenvalue weighted by Crippen LogP contribution is -2.38. The number of hydrogen-bond acceptors (Lipinski definition) is 5. The summed E-state index contributed by atoms with van der Waals surface area (Å²) in [4.78, 5) is 24.1. The third kappa shape index (κ3) is 4.22. The minimum Gasteiger partial charge on any atom is -0.311 e. The lowest BCUT2D eigenvalue weighted by Gasteiger charge is -2.11. The van der Waals surface area contributed by atoms with Crippen molar-refractivity contribution in [1.29, 1.82) is 0 Å². The number of amides is 2. The third-order valence-corrected chi connectivity index (χ3v) is 3.68. The zero-order valence-electron chi connectivity index (χ0n) is 14.5. The summed E-state index contributed by atoms with van der Waals surface area (Å²) in [5.41, 5.74) is -0.515. The second-order valence-electron chi connectivity index (χ2n) is 5.82. The first-order valence-corrected chi connectivity index (χ1v) is 8.09. The fourth-order valence-corrected chi connectivity index (χ4v) is 2.45. The lowest BCUT2D eigenvalue weighted by molar-refractivity contribution is -0.137. The first kappa shape index (κ1) is 19.2. The Morgan fingerprint density at radius 3 is 2.50 bits per heavy atom. The summed E-state index contributed by atoms with van der Waals surface area (Å²) in [6.45, 7) is 1.24. The van der Waals surface area contributed by atoms with Gasteiger partial charge in [-0.2, -0.15) is 28.4 Å². The Bertz CT molecular complexity index is 957. The van der Waals surface area contributed by atoms with Gasteiger partial charge in [0.1, 0.15) is 0 Å². The van der Waals surface area contributed by atoms with Crippen molar-refractivity contribution < 1.29 is 22.8 Å². The van der Waals surface area contributed by atoms with E-state index in [1.807, 2.05) is 0 Å². The maximum absolute atomic E-state index is 12.8. The van der Waals surface area contributed by atoms with Crippen LogP contribution in [0, 0.1) is 0 Å². The van der Waals surface area contributed by atoms with Crippen molar-refractivity contribution in [2.75, 3.05) is 5.01 Å². The number of halogens is 3. The van der Waals surface area contributed by atoms with E-state index in [-0.39, 0.29) is 11.5 Å². The Labute approximate surface area is 157 Å². The number of carbonyl (C=O) groups excluding carboxylic acids is 2. The number of benzene rings is 2. The zero-order valence-corrected chi connectivity index (χ0v) is 14.5. The van der Waals surface area contributed by atoms with Crippen LogP contribution in [0.15, 0.2) is 69.9 Å². The van der Waals surface area contributed by atoms with Crippen LogP contribution in [0.25, 0.3) is 0 Å². The van der Waals surface area contributed by atoms with E-state index in [0.717, 1.165) is 17.1 Å². The molecule has 1 heterocycles. The van der Waals surface area contributed by atoms with Crippen molar-refractivity contribution in [2.45, 2.75) is 19.1 Å². The van der Waals surface area contributed by atoms with Gasteiger partial charge in [0.2, 0.25) is 11.9 Å². The van der Waals surface area contributed by atoms with Crippen LogP contribution in [0.5, 0.6) is 0 Å². The molecule has 0 saturated carbocycles. The summed E-state index contributed by atoms with van der Waals surface area (Å²) >= 11 is 0. The van der Waals surface area contributed by atoms with Crippen molar-refractivity contribution in [3.63, 3.8) is 0 Å². The van der Waals surface area contributed by atoms with Gasteiger partial charge >= 0.3 is 6.18 Å². The molecule has 0 fully saturated rings. The molecular formula is C18H14F3N5O2. The number of hydrazone groups is 1. The van der Waals surface area contributed by atoms with Crippen LogP contribution >= 0.6 is 0 Å². The summed E-state index contributed by atoms with van der Waals surface area (Å²) in [6, 6.07) is 11.4. The maximum Gasteiger partial charge on any atom is 0.416 e. The highest BCUT2D eigenvalue weighted by Crippen LogP contribution is 2.31. The molecule has 0 radical (unpaired) electrons. The number of anilines is 1. The second kappa shape index (κ2) is 7.59. The van der Waals surface area contributed by atoms with Crippen molar-refractivity contribution in [3.8, 4) is 0 Å². The van der Waals surface area contributed by atoms with Crippen LogP contribution < -0.4 is 10.3 Å². The first-order chi connectivity index (χ1) is 13.3. The van der Waals surface area contributed by atoms with E-state index in [9.17, 15) is 22.8 Å². The maximum atomic E-state index is 12.8. The fraction of sp³-hybridized carbons (Fsp3) is 0.167. The monoisotopic (exact) mass is 389 g/mol. The van der Waals surface area contributed by atoms with Crippen molar-refractivity contribution in [1.82, 2.24) is 5.32 Å². The van der Waals surface area contributed by atoms with Crippen LogP contribution in [-0.2, 0) is 15.8 Å². The van der Waals surface area contributed by atoms with Gasteiger partial charge in [0.25, 0.3) is 5.91 Å². The molecule has 2 aromatic rings. The van der Waals surface area contributed by atoms with Gasteiger partial charge < -0.3 is 5.32 Å². The summed E-state index contributed by atoms with van der Waals surface area (Å²) in [5, 5.41) is 15.1. The van der Waals surface area contributed by atoms with Gasteiger partial charge in [0.15, 0.2) is 5.84 Å². The molecule has 0 unspecified atom stereocenters. The van der Waals surface area contributed by atoms with Crippen LogP contribution in [-0.4, -0.2) is 23.7 Å². The van der Waals surface area contributed by atoms with E-state index in [0.29, 0.717) is 5.69 Å². The third-order valence-electron chi connectivity index (χ3n) is 3.68. The van der Waals surface area contributed by atoms with Crippen molar-refractivity contribution in [2.24, 2.45) is 15.3 Å². The quantitative estimate of drug-likeness (QED) is 0.813. The number of rotatable bonds is 3. The van der Waals surface area contributed by atoms with E-state index in [4.69, 9.17) is 0 Å². The molecule has 144 valence electrons. The van der Waals surface area contributed by atoms with Crippen LogP contribution in [0.4, 0.5) is 24.5 Å². The van der Waals surface area contributed by atoms with E-state index < -0.39 is 29.6 Å². The highest BCUT2D eigenvalue weighted by molar-refractivity contribution is 6.21. The average Bonchev–Trinajstić information content (AvgIpc) is 2.95. The highest BCUT2D eigenvalue weighted by Gasteiger charge is 2.38. The molecule has 0 aliphatic carbocycles. The van der Waals surface area contributed by atoms with Gasteiger partial charge in [0.05, 0.1) is 16.9 Å². The van der Waals surface area contributed by atoms with Crippen LogP contribution in [0.3, 0.4) is 0 Å². The molecule has 1 atom stereocenters. The van der Waals surface area contributed by atoms with Gasteiger partial charge in [-0.3, -0.25) is 9.59 Å². The molecule has 0 spiro atoms. The number of amidine groups is 1. The molecule has 0 aromatic heterocycles. The Morgan fingerprint density at radius 1 is 1.14 bits per heavy atom. The number of carbonyl (C=O) groups is 2. The van der Waals surface area contributed by atoms with E-state index in [1.54, 1.807) is 30.3 Å². The molecule has 1 N–H and O–H groups in total.